The number of rotatable bonds is 2. The highest BCUT2D eigenvalue weighted by atomic mass is 35.5. The summed E-state index contributed by atoms with van der Waals surface area (Å²) >= 11 is 5.89. The monoisotopic (exact) mass is 232 g/mol. The molecule has 0 spiro atoms. The van der Waals surface area contributed by atoms with E-state index in [2.05, 4.69) is 9.97 Å². The highest BCUT2D eigenvalue weighted by molar-refractivity contribution is 6.30. The van der Waals surface area contributed by atoms with Crippen molar-refractivity contribution in [2.75, 3.05) is 0 Å². The van der Waals surface area contributed by atoms with E-state index in [1.807, 2.05) is 12.1 Å². The Bertz CT molecular complexity index is 540. The quantitative estimate of drug-likeness (QED) is 0.748. The lowest BCUT2D eigenvalue weighted by molar-refractivity contribution is 0.101. The maximum atomic E-state index is 11.2. The first-order valence-corrected chi connectivity index (χ1v) is 5.13. The summed E-state index contributed by atoms with van der Waals surface area (Å²) in [7, 11) is 0. The molecule has 0 radical (unpaired) electrons. The van der Waals surface area contributed by atoms with Gasteiger partial charge in [-0.15, -0.1) is 0 Å². The van der Waals surface area contributed by atoms with Crippen molar-refractivity contribution in [3.63, 3.8) is 0 Å². The van der Waals surface area contributed by atoms with Crippen molar-refractivity contribution >= 4 is 17.4 Å². The third-order valence-corrected chi connectivity index (χ3v) is 2.38. The molecule has 0 aliphatic rings. The molecule has 80 valence electrons. The summed E-state index contributed by atoms with van der Waals surface area (Å²) in [4.78, 5) is 19.2. The molecular weight excluding hydrogens is 224 g/mol. The first-order valence-electron chi connectivity index (χ1n) is 4.76. The number of carbonyl (C=O) groups is 1. The molecule has 0 saturated heterocycles. The minimum absolute atomic E-state index is 0.0781. The molecule has 0 atom stereocenters. The van der Waals surface area contributed by atoms with Crippen molar-refractivity contribution in [1.82, 2.24) is 9.97 Å². The summed E-state index contributed by atoms with van der Waals surface area (Å²) in [5.74, 6) is -0.0781. The summed E-state index contributed by atoms with van der Waals surface area (Å²) in [6.45, 7) is 1.48. The molecule has 0 aliphatic carbocycles. The van der Waals surface area contributed by atoms with Crippen molar-refractivity contribution in [3.8, 4) is 11.3 Å². The van der Waals surface area contributed by atoms with Crippen LogP contribution in [0.4, 0.5) is 0 Å². The van der Waals surface area contributed by atoms with Crippen LogP contribution < -0.4 is 0 Å². The first kappa shape index (κ1) is 10.8. The van der Waals surface area contributed by atoms with Gasteiger partial charge in [-0.2, -0.15) is 0 Å². The van der Waals surface area contributed by atoms with Crippen molar-refractivity contribution in [3.05, 3.63) is 47.4 Å². The van der Waals surface area contributed by atoms with Gasteiger partial charge in [-0.25, -0.2) is 9.97 Å². The summed E-state index contributed by atoms with van der Waals surface area (Å²) in [5.41, 5.74) is 1.98. The lowest BCUT2D eigenvalue weighted by atomic mass is 10.1. The predicted molar refractivity (Wildman–Crippen MR) is 62.5 cm³/mol. The number of halogens is 1. The van der Waals surface area contributed by atoms with Crippen LogP contribution in [0.5, 0.6) is 0 Å². The molecule has 3 nitrogen and oxygen atoms in total. The van der Waals surface area contributed by atoms with E-state index in [1.165, 1.54) is 13.3 Å². The number of nitrogens with zero attached hydrogens (tertiary/aromatic N) is 2. The maximum absolute atomic E-state index is 11.2. The van der Waals surface area contributed by atoms with Crippen molar-refractivity contribution in [1.29, 1.82) is 0 Å². The third-order valence-electron chi connectivity index (χ3n) is 2.15. The number of Topliss-reactive ketones (excluding diaryl/α,β-unsaturated/α-hetero) is 1. The van der Waals surface area contributed by atoms with Gasteiger partial charge in [0.25, 0.3) is 0 Å². The minimum Gasteiger partial charge on any atom is -0.293 e. The summed E-state index contributed by atoms with van der Waals surface area (Å²) in [5, 5.41) is 0.639. The number of carbonyl (C=O) groups excluding carboxylic acids is 1. The molecule has 1 aromatic heterocycles. The Morgan fingerprint density at radius 2 is 2.06 bits per heavy atom. The van der Waals surface area contributed by atoms with E-state index in [0.29, 0.717) is 16.4 Å². The number of hydrogen-bond donors (Lipinski definition) is 0. The van der Waals surface area contributed by atoms with E-state index in [4.69, 9.17) is 11.6 Å². The lowest BCUT2D eigenvalue weighted by Gasteiger charge is -2.02. The number of benzene rings is 1. The molecule has 2 rings (SSSR count). The van der Waals surface area contributed by atoms with E-state index in [0.717, 1.165) is 5.56 Å². The highest BCUT2D eigenvalue weighted by Gasteiger charge is 2.05. The smallest absolute Gasteiger partial charge is 0.178 e. The standard InChI is InChI=1S/C12H9ClN2O/c1-8(16)11-6-12(15-7-14-11)9-3-2-4-10(13)5-9/h2-7H,1H3. The number of aromatic nitrogens is 2. The van der Waals surface area contributed by atoms with Crippen LogP contribution >= 0.6 is 11.6 Å². The fraction of sp³-hybridized carbons (Fsp3) is 0.0833. The fourth-order valence-corrected chi connectivity index (χ4v) is 1.55. The van der Waals surface area contributed by atoms with Crippen LogP contribution in [-0.2, 0) is 0 Å². The normalized spacial score (nSPS) is 10.1. The predicted octanol–water partition coefficient (Wildman–Crippen LogP) is 3.00. The number of ketones is 1. The van der Waals surface area contributed by atoms with Crippen LogP contribution in [-0.4, -0.2) is 15.8 Å². The topological polar surface area (TPSA) is 42.9 Å². The molecule has 1 aromatic carbocycles. The zero-order valence-corrected chi connectivity index (χ0v) is 9.40. The van der Waals surface area contributed by atoms with Crippen molar-refractivity contribution < 1.29 is 4.79 Å². The average molecular weight is 233 g/mol. The Hall–Kier alpha value is -1.74. The zero-order valence-electron chi connectivity index (χ0n) is 8.64. The van der Waals surface area contributed by atoms with Crippen LogP contribution in [0.1, 0.15) is 17.4 Å². The van der Waals surface area contributed by atoms with Gasteiger partial charge in [0.2, 0.25) is 0 Å². The third kappa shape index (κ3) is 2.25. The van der Waals surface area contributed by atoms with E-state index in [1.54, 1.807) is 18.2 Å². The molecule has 0 saturated carbocycles. The van der Waals surface area contributed by atoms with Crippen LogP contribution in [0.25, 0.3) is 11.3 Å². The van der Waals surface area contributed by atoms with Crippen LogP contribution in [0.2, 0.25) is 5.02 Å². The van der Waals surface area contributed by atoms with Crippen LogP contribution in [0.3, 0.4) is 0 Å². The number of hydrogen-bond acceptors (Lipinski definition) is 3. The fourth-order valence-electron chi connectivity index (χ4n) is 1.36. The molecular formula is C12H9ClN2O. The summed E-state index contributed by atoms with van der Waals surface area (Å²) < 4.78 is 0. The molecule has 0 amide bonds. The van der Waals surface area contributed by atoms with Gasteiger partial charge >= 0.3 is 0 Å². The molecule has 0 aliphatic heterocycles. The summed E-state index contributed by atoms with van der Waals surface area (Å²) in [6.07, 6.45) is 1.38. The zero-order chi connectivity index (χ0) is 11.5. The van der Waals surface area contributed by atoms with Crippen LogP contribution in [0.15, 0.2) is 36.7 Å². The van der Waals surface area contributed by atoms with E-state index in [9.17, 15) is 4.79 Å². The van der Waals surface area contributed by atoms with Gasteiger partial charge in [0.15, 0.2) is 5.78 Å². The van der Waals surface area contributed by atoms with Gasteiger partial charge in [-0.05, 0) is 18.2 Å². The second kappa shape index (κ2) is 4.41. The van der Waals surface area contributed by atoms with Gasteiger partial charge in [0, 0.05) is 17.5 Å². The Labute approximate surface area is 98.1 Å². The van der Waals surface area contributed by atoms with Gasteiger partial charge in [-0.3, -0.25) is 4.79 Å². The van der Waals surface area contributed by atoms with E-state index in [-0.39, 0.29) is 5.78 Å². The van der Waals surface area contributed by atoms with Crippen molar-refractivity contribution in [2.24, 2.45) is 0 Å². The molecule has 0 unspecified atom stereocenters. The van der Waals surface area contributed by atoms with Gasteiger partial charge in [-0.1, -0.05) is 23.7 Å². The minimum atomic E-state index is -0.0781. The highest BCUT2D eigenvalue weighted by Crippen LogP contribution is 2.20. The van der Waals surface area contributed by atoms with Crippen molar-refractivity contribution in [2.45, 2.75) is 6.92 Å². The SMILES string of the molecule is CC(=O)c1cc(-c2cccc(Cl)c2)ncn1. The molecule has 2 aromatic rings. The Kier molecular flexibility index (Phi) is 2.97. The first-order chi connectivity index (χ1) is 7.66. The van der Waals surface area contributed by atoms with Gasteiger partial charge < -0.3 is 0 Å². The summed E-state index contributed by atoms with van der Waals surface area (Å²) in [6, 6.07) is 8.98. The second-order valence-electron chi connectivity index (χ2n) is 3.36. The molecule has 0 fully saturated rings. The lowest BCUT2D eigenvalue weighted by Crippen LogP contribution is -1.98. The Balaban J connectivity index is 2.48. The molecule has 16 heavy (non-hydrogen) atoms. The molecule has 4 heteroatoms. The average Bonchev–Trinajstić information content (AvgIpc) is 2.29. The van der Waals surface area contributed by atoms with E-state index >= 15 is 0 Å². The molecule has 1 heterocycles. The van der Waals surface area contributed by atoms with Gasteiger partial charge in [0.1, 0.15) is 12.0 Å². The largest absolute Gasteiger partial charge is 0.293 e. The molecule has 0 bridgehead atoms. The second-order valence-corrected chi connectivity index (χ2v) is 3.79. The Morgan fingerprint density at radius 3 is 2.75 bits per heavy atom. The van der Waals surface area contributed by atoms with Gasteiger partial charge in [0.05, 0.1) is 5.69 Å². The maximum Gasteiger partial charge on any atom is 0.178 e. The Morgan fingerprint density at radius 1 is 1.25 bits per heavy atom. The van der Waals surface area contributed by atoms with Crippen LogP contribution in [0, 0.1) is 0 Å². The van der Waals surface area contributed by atoms with E-state index < -0.39 is 0 Å². The molecule has 0 N–H and O–H groups in total.